The van der Waals surface area contributed by atoms with Crippen LogP contribution in [-0.4, -0.2) is 15.0 Å². The Morgan fingerprint density at radius 3 is 2.44 bits per heavy atom. The lowest BCUT2D eigenvalue weighted by Gasteiger charge is -2.20. The normalized spacial score (nSPS) is 16.9. The van der Waals surface area contributed by atoms with Crippen molar-refractivity contribution in [1.82, 2.24) is 20.3 Å². The summed E-state index contributed by atoms with van der Waals surface area (Å²) in [5.74, 6) is 0. The molecule has 1 aliphatic carbocycles. The number of aromatic nitrogens is 3. The van der Waals surface area contributed by atoms with Crippen molar-refractivity contribution in [2.24, 2.45) is 0 Å². The lowest BCUT2D eigenvalue weighted by Crippen LogP contribution is -2.29. The van der Waals surface area contributed by atoms with Crippen molar-refractivity contribution in [3.05, 3.63) is 46.2 Å². The zero-order valence-corrected chi connectivity index (χ0v) is 15.0. The first-order chi connectivity index (χ1) is 11.5. The molecule has 25 heavy (non-hydrogen) atoms. The van der Waals surface area contributed by atoms with Crippen molar-refractivity contribution in [2.75, 3.05) is 0 Å². The van der Waals surface area contributed by atoms with Gasteiger partial charge in [-0.1, -0.05) is 16.8 Å². The van der Waals surface area contributed by atoms with Gasteiger partial charge < -0.3 is 5.32 Å². The second-order valence-corrected chi connectivity index (χ2v) is 7.86. The van der Waals surface area contributed by atoms with Gasteiger partial charge >= 0.3 is 6.18 Å². The molecule has 8 heteroatoms. The van der Waals surface area contributed by atoms with E-state index in [2.05, 4.69) is 15.6 Å². The molecule has 1 heterocycles. The summed E-state index contributed by atoms with van der Waals surface area (Å²) in [7, 11) is 0. The lowest BCUT2D eigenvalue weighted by atomic mass is 10.0. The molecule has 1 saturated carbocycles. The maximum absolute atomic E-state index is 13.0. The Kier molecular flexibility index (Phi) is 4.36. The minimum Gasteiger partial charge on any atom is -0.301 e. The van der Waals surface area contributed by atoms with E-state index in [1.807, 2.05) is 27.0 Å². The van der Waals surface area contributed by atoms with Crippen molar-refractivity contribution in [2.45, 2.75) is 57.4 Å². The van der Waals surface area contributed by atoms with Crippen molar-refractivity contribution >= 4 is 11.6 Å². The molecular formula is C17H20ClF3N4. The molecule has 0 amide bonds. The Morgan fingerprint density at radius 2 is 1.92 bits per heavy atom. The average Bonchev–Trinajstić information content (AvgIpc) is 3.11. The molecule has 136 valence electrons. The average molecular weight is 373 g/mol. The smallest absolute Gasteiger partial charge is 0.301 e. The predicted molar refractivity (Wildman–Crippen MR) is 89.2 cm³/mol. The summed E-state index contributed by atoms with van der Waals surface area (Å²) in [5.41, 5.74) is -0.147. The predicted octanol–water partition coefficient (Wildman–Crippen LogP) is 4.48. The van der Waals surface area contributed by atoms with Gasteiger partial charge in [0.15, 0.2) is 0 Å². The fourth-order valence-corrected chi connectivity index (χ4v) is 3.00. The summed E-state index contributed by atoms with van der Waals surface area (Å²) < 4.78 is 40.7. The number of nitrogens with one attached hydrogen (secondary N) is 1. The molecule has 0 saturated heterocycles. The van der Waals surface area contributed by atoms with E-state index >= 15 is 0 Å². The molecule has 0 aliphatic heterocycles. The van der Waals surface area contributed by atoms with Crippen LogP contribution in [0.25, 0.3) is 0 Å². The van der Waals surface area contributed by atoms with Crippen molar-refractivity contribution in [3.63, 3.8) is 0 Å². The van der Waals surface area contributed by atoms with Gasteiger partial charge in [-0.05, 0) is 57.4 Å². The molecule has 0 atom stereocenters. The van der Waals surface area contributed by atoms with E-state index in [1.165, 1.54) is 6.07 Å². The minimum absolute atomic E-state index is 0.174. The monoisotopic (exact) mass is 372 g/mol. The summed E-state index contributed by atoms with van der Waals surface area (Å²) in [6, 6.07) is 3.47. The van der Waals surface area contributed by atoms with Gasteiger partial charge in [0.2, 0.25) is 0 Å². The van der Waals surface area contributed by atoms with Crippen LogP contribution < -0.4 is 5.32 Å². The minimum atomic E-state index is -4.38. The summed E-state index contributed by atoms with van der Waals surface area (Å²) in [5, 5.41) is 11.9. The van der Waals surface area contributed by atoms with Crippen LogP contribution in [0.1, 0.15) is 50.4 Å². The molecule has 0 bridgehead atoms. The highest BCUT2D eigenvalue weighted by Crippen LogP contribution is 2.49. The largest absolute Gasteiger partial charge is 0.416 e. The van der Waals surface area contributed by atoms with Crippen molar-refractivity contribution in [1.29, 1.82) is 0 Å². The molecule has 1 aromatic carbocycles. The number of rotatable bonds is 4. The first kappa shape index (κ1) is 18.2. The number of hydrogen-bond donors (Lipinski definition) is 1. The van der Waals surface area contributed by atoms with E-state index in [9.17, 15) is 13.2 Å². The van der Waals surface area contributed by atoms with E-state index in [4.69, 9.17) is 11.6 Å². The van der Waals surface area contributed by atoms with E-state index in [0.29, 0.717) is 17.1 Å². The van der Waals surface area contributed by atoms with Crippen LogP contribution in [0.15, 0.2) is 24.4 Å². The second-order valence-electron chi connectivity index (χ2n) is 7.45. The maximum Gasteiger partial charge on any atom is 0.416 e. The van der Waals surface area contributed by atoms with Crippen LogP contribution in [0.3, 0.4) is 0 Å². The Morgan fingerprint density at radius 1 is 1.24 bits per heavy atom. The second kappa shape index (κ2) is 5.99. The molecule has 1 N–H and O–H groups in total. The van der Waals surface area contributed by atoms with Crippen LogP contribution in [0, 0.1) is 0 Å². The summed E-state index contributed by atoms with van der Waals surface area (Å²) in [6.07, 6.45) is -1.06. The molecule has 0 spiro atoms. The number of hydrogen-bond acceptors (Lipinski definition) is 3. The van der Waals surface area contributed by atoms with Gasteiger partial charge in [0.05, 0.1) is 23.0 Å². The highest BCUT2D eigenvalue weighted by Gasteiger charge is 2.46. The number of benzene rings is 1. The molecule has 0 radical (unpaired) electrons. The molecule has 4 nitrogen and oxygen atoms in total. The highest BCUT2D eigenvalue weighted by molar-refractivity contribution is 6.31. The molecule has 1 aromatic heterocycles. The standard InChI is InChI=1S/C17H20ClF3N4/c1-15(2,3)25-10-12(23-24-25)9-22-16(6-7-16)13-8-11(17(19,20)21)4-5-14(13)18/h4-5,8,10,22H,6-7,9H2,1-3H3. The SMILES string of the molecule is CC(C)(C)n1cc(CNC2(c3cc(C(F)(F)F)ccc3Cl)CC2)nn1. The Bertz CT molecular complexity index is 773. The van der Waals surface area contributed by atoms with Crippen LogP contribution in [0.4, 0.5) is 13.2 Å². The number of halogens is 4. The lowest BCUT2D eigenvalue weighted by molar-refractivity contribution is -0.137. The summed E-state index contributed by atoms with van der Waals surface area (Å²) in [6.45, 7) is 6.47. The van der Waals surface area contributed by atoms with Crippen LogP contribution in [-0.2, 0) is 23.8 Å². The van der Waals surface area contributed by atoms with E-state index < -0.39 is 17.3 Å². The fraction of sp³-hybridized carbons (Fsp3) is 0.529. The quantitative estimate of drug-likeness (QED) is 0.860. The van der Waals surface area contributed by atoms with Gasteiger partial charge in [0.1, 0.15) is 0 Å². The Balaban J connectivity index is 1.78. The molecular weight excluding hydrogens is 353 g/mol. The first-order valence-corrected chi connectivity index (χ1v) is 8.43. The highest BCUT2D eigenvalue weighted by atomic mass is 35.5. The molecule has 1 fully saturated rings. The van der Waals surface area contributed by atoms with Crippen molar-refractivity contribution < 1.29 is 13.2 Å². The molecule has 0 unspecified atom stereocenters. The van der Waals surface area contributed by atoms with E-state index in [0.717, 1.165) is 30.7 Å². The third-order valence-corrected chi connectivity index (χ3v) is 4.72. The summed E-state index contributed by atoms with van der Waals surface area (Å²) >= 11 is 6.18. The van der Waals surface area contributed by atoms with E-state index in [-0.39, 0.29) is 5.54 Å². The van der Waals surface area contributed by atoms with Gasteiger partial charge in [0, 0.05) is 17.1 Å². The topological polar surface area (TPSA) is 42.7 Å². The number of alkyl halides is 3. The van der Waals surface area contributed by atoms with Gasteiger partial charge in [-0.25, -0.2) is 4.68 Å². The maximum atomic E-state index is 13.0. The van der Waals surface area contributed by atoms with E-state index in [1.54, 1.807) is 4.68 Å². The third-order valence-electron chi connectivity index (χ3n) is 4.40. The van der Waals surface area contributed by atoms with Crippen LogP contribution >= 0.6 is 11.6 Å². The van der Waals surface area contributed by atoms with Gasteiger partial charge in [0.25, 0.3) is 0 Å². The fourth-order valence-electron chi connectivity index (χ4n) is 2.70. The Hall–Kier alpha value is -1.60. The van der Waals surface area contributed by atoms with Crippen LogP contribution in [0.2, 0.25) is 5.02 Å². The summed E-state index contributed by atoms with van der Waals surface area (Å²) in [4.78, 5) is 0. The Labute approximate surface area is 149 Å². The third kappa shape index (κ3) is 3.82. The molecule has 3 rings (SSSR count). The van der Waals surface area contributed by atoms with Gasteiger partial charge in [-0.2, -0.15) is 13.2 Å². The molecule has 2 aromatic rings. The molecule has 1 aliphatic rings. The van der Waals surface area contributed by atoms with Gasteiger partial charge in [-0.3, -0.25) is 0 Å². The van der Waals surface area contributed by atoms with Gasteiger partial charge in [-0.15, -0.1) is 5.10 Å². The van der Waals surface area contributed by atoms with Crippen molar-refractivity contribution in [3.8, 4) is 0 Å². The zero-order valence-electron chi connectivity index (χ0n) is 14.3. The zero-order chi connectivity index (χ0) is 18.5. The van der Waals surface area contributed by atoms with Crippen LogP contribution in [0.5, 0.6) is 0 Å². The first-order valence-electron chi connectivity index (χ1n) is 8.05. The number of nitrogens with zero attached hydrogens (tertiary/aromatic N) is 3.